The molecule has 0 spiro atoms. The maximum atomic E-state index is 10.8. The van der Waals surface area contributed by atoms with Crippen LogP contribution in [0.1, 0.15) is 6.92 Å². The van der Waals surface area contributed by atoms with Crippen molar-refractivity contribution in [2.45, 2.75) is 6.92 Å². The van der Waals surface area contributed by atoms with E-state index < -0.39 is 5.91 Å². The summed E-state index contributed by atoms with van der Waals surface area (Å²) in [6.07, 6.45) is 1.13. The molecule has 0 bridgehead atoms. The van der Waals surface area contributed by atoms with Crippen molar-refractivity contribution in [1.82, 2.24) is 5.32 Å². The number of hydrogen-bond donors (Lipinski definition) is 2. The minimum absolute atomic E-state index is 0.0301. The Hall–Kier alpha value is -1.65. The van der Waals surface area contributed by atoms with Gasteiger partial charge in [0.1, 0.15) is 5.70 Å². The van der Waals surface area contributed by atoms with Crippen LogP contribution in [0.5, 0.6) is 0 Å². The van der Waals surface area contributed by atoms with Crippen LogP contribution in [-0.2, 0) is 9.59 Å². The van der Waals surface area contributed by atoms with E-state index in [1.54, 1.807) is 0 Å². The number of nitrogens with one attached hydrogen (secondary N) is 1. The van der Waals surface area contributed by atoms with Crippen LogP contribution in [0.4, 0.5) is 0 Å². The highest BCUT2D eigenvalue weighted by Gasteiger charge is 2.17. The molecule has 11 heavy (non-hydrogen) atoms. The van der Waals surface area contributed by atoms with E-state index in [-0.39, 0.29) is 17.4 Å². The topological polar surface area (TPSA) is 84.6 Å². The molecule has 1 aliphatic rings. The van der Waals surface area contributed by atoms with Gasteiger partial charge in [0.25, 0.3) is 5.91 Å². The largest absolute Gasteiger partial charge is 0.369 e. The third kappa shape index (κ3) is 1.64. The summed E-state index contributed by atoms with van der Waals surface area (Å²) in [7, 11) is 0. The quantitative estimate of drug-likeness (QED) is 0.469. The first-order valence-electron chi connectivity index (χ1n) is 2.97. The minimum Gasteiger partial charge on any atom is -0.369 e. The number of nitrogens with zero attached hydrogens (tertiary/aromatic N) is 1. The molecule has 0 aromatic heterocycles. The standard InChI is InChI=1S/C6H7N3O2/c1-3(10)2-4-5(11)9-6(7)8-4/h2H,1H3,(H3,7,8,9,11). The Morgan fingerprint density at radius 1 is 1.73 bits per heavy atom. The third-order valence-corrected chi connectivity index (χ3v) is 1.06. The van der Waals surface area contributed by atoms with E-state index in [1.807, 2.05) is 0 Å². The van der Waals surface area contributed by atoms with Crippen molar-refractivity contribution in [2.75, 3.05) is 0 Å². The Morgan fingerprint density at radius 3 is 2.73 bits per heavy atom. The van der Waals surface area contributed by atoms with Gasteiger partial charge in [-0.05, 0) is 6.92 Å². The Labute approximate surface area is 63.0 Å². The van der Waals surface area contributed by atoms with Crippen LogP contribution in [0, 0.1) is 0 Å². The van der Waals surface area contributed by atoms with Gasteiger partial charge >= 0.3 is 0 Å². The fourth-order valence-corrected chi connectivity index (χ4v) is 0.679. The van der Waals surface area contributed by atoms with Crippen LogP contribution in [-0.4, -0.2) is 17.6 Å². The first-order valence-corrected chi connectivity index (χ1v) is 2.97. The number of hydrogen-bond acceptors (Lipinski definition) is 4. The summed E-state index contributed by atoms with van der Waals surface area (Å²) in [6, 6.07) is 0. The number of guanidine groups is 1. The number of allylic oxidation sites excluding steroid dienone is 1. The Bertz CT molecular complexity index is 278. The van der Waals surface area contributed by atoms with E-state index in [0.717, 1.165) is 6.08 Å². The zero-order chi connectivity index (χ0) is 8.43. The highest BCUT2D eigenvalue weighted by atomic mass is 16.2. The molecule has 0 aliphatic carbocycles. The average Bonchev–Trinajstić information content (AvgIpc) is 2.09. The molecule has 3 N–H and O–H groups in total. The third-order valence-electron chi connectivity index (χ3n) is 1.06. The fourth-order valence-electron chi connectivity index (χ4n) is 0.679. The van der Waals surface area contributed by atoms with Crippen molar-refractivity contribution >= 4 is 17.6 Å². The van der Waals surface area contributed by atoms with Gasteiger partial charge in [-0.25, -0.2) is 4.99 Å². The lowest BCUT2D eigenvalue weighted by Crippen LogP contribution is -2.30. The van der Waals surface area contributed by atoms with Crippen LogP contribution in [0.25, 0.3) is 0 Å². The molecule has 0 unspecified atom stereocenters. The van der Waals surface area contributed by atoms with Crippen molar-refractivity contribution in [3.63, 3.8) is 0 Å². The van der Waals surface area contributed by atoms with Crippen LogP contribution in [0.15, 0.2) is 16.8 Å². The lowest BCUT2D eigenvalue weighted by molar-refractivity contribution is -0.117. The number of rotatable bonds is 1. The number of carbonyl (C=O) groups excluding carboxylic acids is 2. The van der Waals surface area contributed by atoms with Crippen molar-refractivity contribution in [3.05, 3.63) is 11.8 Å². The molecule has 0 saturated carbocycles. The van der Waals surface area contributed by atoms with E-state index in [0.29, 0.717) is 0 Å². The molecular weight excluding hydrogens is 146 g/mol. The molecule has 0 fully saturated rings. The van der Waals surface area contributed by atoms with E-state index in [9.17, 15) is 9.59 Å². The van der Waals surface area contributed by atoms with E-state index in [4.69, 9.17) is 5.73 Å². The van der Waals surface area contributed by atoms with Gasteiger partial charge in [0.15, 0.2) is 5.78 Å². The van der Waals surface area contributed by atoms with Crippen molar-refractivity contribution < 1.29 is 9.59 Å². The monoisotopic (exact) mass is 153 g/mol. The number of carbonyl (C=O) groups is 2. The van der Waals surface area contributed by atoms with Gasteiger partial charge in [-0.2, -0.15) is 0 Å². The van der Waals surface area contributed by atoms with Crippen molar-refractivity contribution in [1.29, 1.82) is 0 Å². The molecule has 0 radical (unpaired) electrons. The maximum absolute atomic E-state index is 10.8. The van der Waals surface area contributed by atoms with Gasteiger partial charge in [-0.15, -0.1) is 0 Å². The lowest BCUT2D eigenvalue weighted by Gasteiger charge is -1.87. The predicted octanol–water partition coefficient (Wildman–Crippen LogP) is -1.10. The molecule has 5 nitrogen and oxygen atoms in total. The number of nitrogens with two attached hydrogens (primary N) is 1. The van der Waals surface area contributed by atoms with Crippen LogP contribution < -0.4 is 11.1 Å². The Balaban J connectivity index is 2.90. The average molecular weight is 153 g/mol. The molecule has 1 amide bonds. The predicted molar refractivity (Wildman–Crippen MR) is 38.5 cm³/mol. The number of amides is 1. The molecule has 0 aromatic rings. The van der Waals surface area contributed by atoms with Gasteiger partial charge < -0.3 is 5.73 Å². The molecule has 0 saturated heterocycles. The smallest absolute Gasteiger partial charge is 0.276 e. The normalized spacial score (nSPS) is 19.9. The lowest BCUT2D eigenvalue weighted by atomic mass is 10.3. The number of aliphatic imine (C=N–C) groups is 1. The highest BCUT2D eigenvalue weighted by molar-refractivity contribution is 6.13. The molecule has 0 aromatic carbocycles. The summed E-state index contributed by atoms with van der Waals surface area (Å²) < 4.78 is 0. The summed E-state index contributed by atoms with van der Waals surface area (Å²) in [4.78, 5) is 24.9. The second-order valence-corrected chi connectivity index (χ2v) is 2.09. The van der Waals surface area contributed by atoms with Crippen LogP contribution in [0.3, 0.4) is 0 Å². The minimum atomic E-state index is -0.433. The molecule has 1 aliphatic heterocycles. The second kappa shape index (κ2) is 2.53. The summed E-state index contributed by atoms with van der Waals surface area (Å²) >= 11 is 0. The fraction of sp³-hybridized carbons (Fsp3) is 0.167. The van der Waals surface area contributed by atoms with E-state index in [2.05, 4.69) is 10.3 Å². The molecule has 5 heteroatoms. The highest BCUT2D eigenvalue weighted by Crippen LogP contribution is 2.01. The van der Waals surface area contributed by atoms with Gasteiger partial charge in [0.2, 0.25) is 5.96 Å². The summed E-state index contributed by atoms with van der Waals surface area (Å²) in [6.45, 7) is 1.34. The Kier molecular flexibility index (Phi) is 1.72. The second-order valence-electron chi connectivity index (χ2n) is 2.09. The van der Waals surface area contributed by atoms with Gasteiger partial charge in [0, 0.05) is 6.08 Å². The summed E-state index contributed by atoms with van der Waals surface area (Å²) in [5, 5.41) is 2.24. The SMILES string of the molecule is CC(=O)C=C1N=C(N)NC1=O. The van der Waals surface area contributed by atoms with Crippen molar-refractivity contribution in [3.8, 4) is 0 Å². The molecule has 58 valence electrons. The zero-order valence-corrected chi connectivity index (χ0v) is 5.92. The Morgan fingerprint density at radius 2 is 2.36 bits per heavy atom. The first-order chi connectivity index (χ1) is 5.09. The van der Waals surface area contributed by atoms with E-state index >= 15 is 0 Å². The first kappa shape index (κ1) is 7.46. The van der Waals surface area contributed by atoms with Crippen molar-refractivity contribution in [2.24, 2.45) is 10.7 Å². The molecule has 1 heterocycles. The van der Waals surface area contributed by atoms with Crippen LogP contribution in [0.2, 0.25) is 0 Å². The van der Waals surface area contributed by atoms with E-state index in [1.165, 1.54) is 6.92 Å². The molecule has 1 rings (SSSR count). The van der Waals surface area contributed by atoms with Gasteiger partial charge in [0.05, 0.1) is 0 Å². The van der Waals surface area contributed by atoms with Gasteiger partial charge in [-0.1, -0.05) is 0 Å². The summed E-state index contributed by atoms with van der Waals surface area (Å²) in [5.41, 5.74) is 5.22. The van der Waals surface area contributed by atoms with Crippen LogP contribution >= 0.6 is 0 Å². The molecule has 0 atom stereocenters. The zero-order valence-electron chi connectivity index (χ0n) is 5.92. The van der Waals surface area contributed by atoms with Gasteiger partial charge in [-0.3, -0.25) is 14.9 Å². The molecular formula is C6H7N3O2. The summed E-state index contributed by atoms with van der Waals surface area (Å²) in [5.74, 6) is -0.631. The maximum Gasteiger partial charge on any atom is 0.276 e. The number of ketones is 1.